The standard InChI is InChI=1S/C15H22N2O3S/c1-11-8-17(9-12(2)20-11)15(18)16-14-7-5-4-6-13(14)10-21(3)19/h4-7,11-12H,8-10H2,1-3H3,(H,16,18). The molecule has 0 bridgehead atoms. The Hall–Kier alpha value is -1.40. The van der Waals surface area contributed by atoms with E-state index < -0.39 is 10.8 Å². The summed E-state index contributed by atoms with van der Waals surface area (Å²) in [6.07, 6.45) is 1.74. The summed E-state index contributed by atoms with van der Waals surface area (Å²) in [5.41, 5.74) is 1.62. The molecule has 116 valence electrons. The minimum absolute atomic E-state index is 0.0397. The Labute approximate surface area is 128 Å². The smallest absolute Gasteiger partial charge is 0.322 e. The van der Waals surface area contributed by atoms with Gasteiger partial charge in [0.2, 0.25) is 0 Å². The van der Waals surface area contributed by atoms with Gasteiger partial charge in [-0.1, -0.05) is 18.2 Å². The van der Waals surface area contributed by atoms with Gasteiger partial charge in [0.25, 0.3) is 0 Å². The Morgan fingerprint density at radius 3 is 2.57 bits per heavy atom. The van der Waals surface area contributed by atoms with Gasteiger partial charge in [0.05, 0.1) is 18.0 Å². The van der Waals surface area contributed by atoms with Gasteiger partial charge in [-0.25, -0.2) is 4.79 Å². The number of carbonyl (C=O) groups excluding carboxylic acids is 1. The number of amides is 2. The summed E-state index contributed by atoms with van der Waals surface area (Å²) in [5.74, 6) is 0.437. The molecule has 3 unspecified atom stereocenters. The van der Waals surface area contributed by atoms with E-state index >= 15 is 0 Å². The number of rotatable bonds is 3. The Morgan fingerprint density at radius 2 is 1.95 bits per heavy atom. The monoisotopic (exact) mass is 310 g/mol. The second-order valence-electron chi connectivity index (χ2n) is 5.47. The van der Waals surface area contributed by atoms with E-state index in [9.17, 15) is 9.00 Å². The molecule has 1 N–H and O–H groups in total. The fraction of sp³-hybridized carbons (Fsp3) is 0.533. The first-order chi connectivity index (χ1) is 9.95. The van der Waals surface area contributed by atoms with Crippen molar-refractivity contribution in [3.05, 3.63) is 29.8 Å². The van der Waals surface area contributed by atoms with Crippen molar-refractivity contribution in [3.63, 3.8) is 0 Å². The lowest BCUT2D eigenvalue weighted by Crippen LogP contribution is -2.49. The van der Waals surface area contributed by atoms with Gasteiger partial charge in [0.1, 0.15) is 0 Å². The summed E-state index contributed by atoms with van der Waals surface area (Å²) in [6.45, 7) is 5.09. The largest absolute Gasteiger partial charge is 0.372 e. The van der Waals surface area contributed by atoms with Crippen molar-refractivity contribution in [2.45, 2.75) is 31.8 Å². The summed E-state index contributed by atoms with van der Waals surface area (Å²) >= 11 is 0. The van der Waals surface area contributed by atoms with Crippen molar-refractivity contribution >= 4 is 22.5 Å². The molecule has 2 amide bonds. The molecule has 5 nitrogen and oxygen atoms in total. The molecule has 1 aromatic carbocycles. The summed E-state index contributed by atoms with van der Waals surface area (Å²) in [7, 11) is -0.943. The zero-order valence-corrected chi connectivity index (χ0v) is 13.5. The first-order valence-corrected chi connectivity index (χ1v) is 8.77. The molecule has 1 aliphatic heterocycles. The van der Waals surface area contributed by atoms with E-state index in [1.54, 1.807) is 11.2 Å². The third-order valence-electron chi connectivity index (χ3n) is 3.32. The van der Waals surface area contributed by atoms with Crippen molar-refractivity contribution in [2.75, 3.05) is 24.7 Å². The molecule has 21 heavy (non-hydrogen) atoms. The third kappa shape index (κ3) is 4.54. The summed E-state index contributed by atoms with van der Waals surface area (Å²) in [5, 5.41) is 2.92. The quantitative estimate of drug-likeness (QED) is 0.931. The fourth-order valence-corrected chi connectivity index (χ4v) is 3.21. The van der Waals surface area contributed by atoms with Crippen LogP contribution < -0.4 is 5.32 Å². The van der Waals surface area contributed by atoms with Gasteiger partial charge >= 0.3 is 6.03 Å². The predicted octanol–water partition coefficient (Wildman–Crippen LogP) is 2.21. The van der Waals surface area contributed by atoms with Crippen molar-refractivity contribution in [2.24, 2.45) is 0 Å². The van der Waals surface area contributed by atoms with Crippen LogP contribution in [0.25, 0.3) is 0 Å². The maximum absolute atomic E-state index is 12.4. The van der Waals surface area contributed by atoms with Crippen LogP contribution in [0.4, 0.5) is 10.5 Å². The average Bonchev–Trinajstić information content (AvgIpc) is 2.39. The van der Waals surface area contributed by atoms with Crippen LogP contribution in [-0.2, 0) is 21.3 Å². The fourth-order valence-electron chi connectivity index (χ4n) is 2.53. The van der Waals surface area contributed by atoms with Gasteiger partial charge in [0, 0.05) is 35.8 Å². The molecular formula is C15H22N2O3S. The Bertz CT molecular complexity index is 525. The number of ether oxygens (including phenoxy) is 1. The summed E-state index contributed by atoms with van der Waals surface area (Å²) in [4.78, 5) is 14.1. The van der Waals surface area contributed by atoms with E-state index in [0.29, 0.717) is 18.8 Å². The molecule has 6 heteroatoms. The minimum Gasteiger partial charge on any atom is -0.372 e. The highest BCUT2D eigenvalue weighted by atomic mass is 32.2. The predicted molar refractivity (Wildman–Crippen MR) is 84.8 cm³/mol. The number of nitrogens with zero attached hydrogens (tertiary/aromatic N) is 1. The number of carbonyl (C=O) groups is 1. The molecule has 0 aromatic heterocycles. The van der Waals surface area contributed by atoms with Gasteiger partial charge < -0.3 is 15.0 Å². The minimum atomic E-state index is -0.943. The van der Waals surface area contributed by atoms with Crippen molar-refractivity contribution in [3.8, 4) is 0 Å². The second-order valence-corrected chi connectivity index (χ2v) is 6.90. The first kappa shape index (κ1) is 16.0. The van der Waals surface area contributed by atoms with Gasteiger partial charge in [-0.3, -0.25) is 4.21 Å². The highest BCUT2D eigenvalue weighted by Crippen LogP contribution is 2.18. The van der Waals surface area contributed by atoms with Crippen LogP contribution in [0.1, 0.15) is 19.4 Å². The normalized spacial score (nSPS) is 23.7. The summed E-state index contributed by atoms with van der Waals surface area (Å²) < 4.78 is 17.0. The maximum atomic E-state index is 12.4. The lowest BCUT2D eigenvalue weighted by molar-refractivity contribution is -0.0530. The number of anilines is 1. The van der Waals surface area contributed by atoms with E-state index in [1.165, 1.54) is 0 Å². The molecular weight excluding hydrogens is 288 g/mol. The molecule has 0 spiro atoms. The van der Waals surface area contributed by atoms with E-state index in [0.717, 1.165) is 11.3 Å². The highest BCUT2D eigenvalue weighted by Gasteiger charge is 2.26. The molecule has 1 aromatic rings. The van der Waals surface area contributed by atoms with Gasteiger partial charge in [-0.05, 0) is 25.5 Å². The first-order valence-electron chi connectivity index (χ1n) is 7.05. The van der Waals surface area contributed by atoms with Crippen LogP contribution in [0, 0.1) is 0 Å². The lowest BCUT2D eigenvalue weighted by atomic mass is 10.2. The van der Waals surface area contributed by atoms with Crippen LogP contribution in [0.15, 0.2) is 24.3 Å². The zero-order chi connectivity index (χ0) is 15.4. The Kier molecular flexibility index (Phi) is 5.36. The Morgan fingerprint density at radius 1 is 1.33 bits per heavy atom. The topological polar surface area (TPSA) is 58.6 Å². The van der Waals surface area contributed by atoms with Crippen molar-refractivity contribution < 1.29 is 13.7 Å². The SMILES string of the molecule is CC1CN(C(=O)Nc2ccccc2CS(C)=O)CC(C)O1. The lowest BCUT2D eigenvalue weighted by Gasteiger charge is -2.35. The number of morpholine rings is 1. The molecule has 1 aliphatic rings. The number of urea groups is 1. The summed E-state index contributed by atoms with van der Waals surface area (Å²) in [6, 6.07) is 7.35. The maximum Gasteiger partial charge on any atom is 0.322 e. The van der Waals surface area contributed by atoms with Crippen LogP contribution in [0.3, 0.4) is 0 Å². The second kappa shape index (κ2) is 7.04. The van der Waals surface area contributed by atoms with Crippen LogP contribution in [0.2, 0.25) is 0 Å². The van der Waals surface area contributed by atoms with E-state index in [2.05, 4.69) is 5.32 Å². The van der Waals surface area contributed by atoms with Crippen molar-refractivity contribution in [1.29, 1.82) is 0 Å². The molecule has 0 radical (unpaired) electrons. The van der Waals surface area contributed by atoms with Gasteiger partial charge in [-0.2, -0.15) is 0 Å². The number of hydrogen-bond donors (Lipinski definition) is 1. The van der Waals surface area contributed by atoms with Crippen LogP contribution in [-0.4, -0.2) is 46.7 Å². The van der Waals surface area contributed by atoms with Gasteiger partial charge in [-0.15, -0.1) is 0 Å². The van der Waals surface area contributed by atoms with Crippen LogP contribution >= 0.6 is 0 Å². The molecule has 3 atom stereocenters. The Balaban J connectivity index is 2.07. The van der Waals surface area contributed by atoms with E-state index in [1.807, 2.05) is 38.1 Å². The number of nitrogens with one attached hydrogen (secondary N) is 1. The van der Waals surface area contributed by atoms with Crippen molar-refractivity contribution in [1.82, 2.24) is 4.90 Å². The van der Waals surface area contributed by atoms with E-state index in [4.69, 9.17) is 4.74 Å². The van der Waals surface area contributed by atoms with Crippen LogP contribution in [0.5, 0.6) is 0 Å². The molecule has 0 aliphatic carbocycles. The highest BCUT2D eigenvalue weighted by molar-refractivity contribution is 7.83. The van der Waals surface area contributed by atoms with Gasteiger partial charge in [0.15, 0.2) is 0 Å². The molecule has 0 saturated carbocycles. The molecule has 1 heterocycles. The number of hydrogen-bond acceptors (Lipinski definition) is 3. The third-order valence-corrected chi connectivity index (χ3v) is 4.04. The van der Waals surface area contributed by atoms with E-state index in [-0.39, 0.29) is 18.2 Å². The molecule has 1 saturated heterocycles. The average molecular weight is 310 g/mol. The zero-order valence-electron chi connectivity index (χ0n) is 12.7. The molecule has 1 fully saturated rings. The number of para-hydroxylation sites is 1. The molecule has 2 rings (SSSR count). The number of benzene rings is 1.